The molecule has 26 heavy (non-hydrogen) atoms. The Labute approximate surface area is 158 Å². The van der Waals surface area contributed by atoms with Gasteiger partial charge in [-0.25, -0.2) is 4.68 Å². The Morgan fingerprint density at radius 2 is 2.12 bits per heavy atom. The standard InChI is InChI=1S/C18H24ClN5O2/c1-12(19)15-5-4-6-16(15)17(25)23(2)18-20-21-22-24(18)11-13-7-9-14(26-3)10-8-13/h4,6-10,12,15-17,25H,5,11H2,1-3H3/t12-,15-,16?,17?/m1/s1. The van der Waals surface area contributed by atoms with Gasteiger partial charge in [0, 0.05) is 18.3 Å². The van der Waals surface area contributed by atoms with Gasteiger partial charge >= 0.3 is 0 Å². The summed E-state index contributed by atoms with van der Waals surface area (Å²) in [4.78, 5) is 1.70. The third-order valence-corrected chi connectivity index (χ3v) is 5.24. The first-order chi connectivity index (χ1) is 12.5. The molecular formula is C18H24ClN5O2. The smallest absolute Gasteiger partial charge is 0.247 e. The van der Waals surface area contributed by atoms with E-state index < -0.39 is 6.23 Å². The first-order valence-electron chi connectivity index (χ1n) is 8.62. The summed E-state index contributed by atoms with van der Waals surface area (Å²) in [5, 5.41) is 22.8. The highest BCUT2D eigenvalue weighted by Gasteiger charge is 2.35. The van der Waals surface area contributed by atoms with E-state index in [1.165, 1.54) is 0 Å². The van der Waals surface area contributed by atoms with E-state index in [2.05, 4.69) is 21.6 Å². The van der Waals surface area contributed by atoms with E-state index in [9.17, 15) is 5.11 Å². The monoisotopic (exact) mass is 377 g/mol. The second kappa shape index (κ2) is 8.05. The van der Waals surface area contributed by atoms with Crippen molar-refractivity contribution in [1.29, 1.82) is 0 Å². The molecule has 140 valence electrons. The highest BCUT2D eigenvalue weighted by molar-refractivity contribution is 6.20. The maximum Gasteiger partial charge on any atom is 0.247 e. The van der Waals surface area contributed by atoms with Crippen molar-refractivity contribution in [2.24, 2.45) is 11.8 Å². The lowest BCUT2D eigenvalue weighted by Gasteiger charge is -2.32. The van der Waals surface area contributed by atoms with Crippen LogP contribution in [0.2, 0.25) is 0 Å². The minimum atomic E-state index is -0.749. The molecular weight excluding hydrogens is 354 g/mol. The van der Waals surface area contributed by atoms with Crippen LogP contribution < -0.4 is 9.64 Å². The van der Waals surface area contributed by atoms with Crippen LogP contribution in [0.5, 0.6) is 5.75 Å². The lowest BCUT2D eigenvalue weighted by molar-refractivity contribution is 0.103. The van der Waals surface area contributed by atoms with Gasteiger partial charge in [0.2, 0.25) is 5.95 Å². The van der Waals surface area contributed by atoms with E-state index in [0.29, 0.717) is 12.5 Å². The molecule has 0 saturated carbocycles. The Morgan fingerprint density at radius 1 is 1.38 bits per heavy atom. The number of alkyl halides is 1. The van der Waals surface area contributed by atoms with Crippen molar-refractivity contribution < 1.29 is 9.84 Å². The zero-order valence-corrected chi connectivity index (χ0v) is 15.9. The van der Waals surface area contributed by atoms with Crippen molar-refractivity contribution in [2.45, 2.75) is 31.5 Å². The first-order valence-corrected chi connectivity index (χ1v) is 9.05. The Balaban J connectivity index is 1.75. The number of aromatic nitrogens is 4. The molecule has 8 heteroatoms. The number of tetrazole rings is 1. The van der Waals surface area contributed by atoms with Crippen LogP contribution in [0.3, 0.4) is 0 Å². The Bertz CT molecular complexity index is 746. The molecule has 0 saturated heterocycles. The maximum absolute atomic E-state index is 10.9. The Kier molecular flexibility index (Phi) is 5.78. The number of halogens is 1. The summed E-state index contributed by atoms with van der Waals surface area (Å²) in [5.74, 6) is 1.45. The molecule has 1 aromatic heterocycles. The van der Waals surface area contributed by atoms with Gasteiger partial charge in [-0.2, -0.15) is 0 Å². The van der Waals surface area contributed by atoms with Gasteiger partial charge in [-0.15, -0.1) is 11.6 Å². The number of anilines is 1. The van der Waals surface area contributed by atoms with Crippen LogP contribution in [0.4, 0.5) is 5.95 Å². The summed E-state index contributed by atoms with van der Waals surface area (Å²) < 4.78 is 6.85. The summed E-state index contributed by atoms with van der Waals surface area (Å²) in [6.45, 7) is 2.46. The third kappa shape index (κ3) is 3.83. The van der Waals surface area contributed by atoms with Gasteiger partial charge in [0.1, 0.15) is 12.0 Å². The highest BCUT2D eigenvalue weighted by Crippen LogP contribution is 2.34. The summed E-state index contributed by atoms with van der Waals surface area (Å²) >= 11 is 6.29. The van der Waals surface area contributed by atoms with Crippen LogP contribution in [0.25, 0.3) is 0 Å². The largest absolute Gasteiger partial charge is 0.497 e. The molecule has 1 aromatic carbocycles. The number of nitrogens with zero attached hydrogens (tertiary/aromatic N) is 5. The summed E-state index contributed by atoms with van der Waals surface area (Å²) in [7, 11) is 3.43. The average Bonchev–Trinajstić information content (AvgIpc) is 3.30. The fraction of sp³-hybridized carbons (Fsp3) is 0.500. The lowest BCUT2D eigenvalue weighted by atomic mass is 9.91. The van der Waals surface area contributed by atoms with E-state index in [1.54, 1.807) is 23.7 Å². The van der Waals surface area contributed by atoms with Gasteiger partial charge in [0.15, 0.2) is 0 Å². The molecule has 1 N–H and O–H groups in total. The SMILES string of the molecule is COc1ccc(Cn2nnnc2N(C)C(O)C2C=CC[C@@H]2[C@@H](C)Cl)cc1. The van der Waals surface area contributed by atoms with Crippen molar-refractivity contribution in [3.8, 4) is 5.75 Å². The van der Waals surface area contributed by atoms with E-state index >= 15 is 0 Å². The predicted molar refractivity (Wildman–Crippen MR) is 100 cm³/mol. The fourth-order valence-electron chi connectivity index (χ4n) is 3.34. The molecule has 0 aliphatic heterocycles. The summed E-state index contributed by atoms with van der Waals surface area (Å²) in [6.07, 6.45) is 4.23. The fourth-order valence-corrected chi connectivity index (χ4v) is 3.61. The Hall–Kier alpha value is -2.12. The Morgan fingerprint density at radius 3 is 2.77 bits per heavy atom. The lowest BCUT2D eigenvalue weighted by Crippen LogP contribution is -2.42. The number of aliphatic hydroxyl groups is 1. The van der Waals surface area contributed by atoms with Crippen LogP contribution >= 0.6 is 11.6 Å². The van der Waals surface area contributed by atoms with E-state index in [1.807, 2.05) is 37.3 Å². The molecule has 0 bridgehead atoms. The molecule has 0 radical (unpaired) electrons. The van der Waals surface area contributed by atoms with Crippen molar-refractivity contribution >= 4 is 17.5 Å². The van der Waals surface area contributed by atoms with Gasteiger partial charge in [-0.3, -0.25) is 0 Å². The maximum atomic E-state index is 10.9. The molecule has 2 aromatic rings. The zero-order chi connectivity index (χ0) is 18.7. The second-order valence-corrected chi connectivity index (χ2v) is 7.28. The first kappa shape index (κ1) is 18.7. The predicted octanol–water partition coefficient (Wildman–Crippen LogP) is 2.30. The molecule has 0 fully saturated rings. The van der Waals surface area contributed by atoms with Crippen LogP contribution in [0, 0.1) is 11.8 Å². The van der Waals surface area contributed by atoms with E-state index in [0.717, 1.165) is 17.7 Å². The number of methoxy groups -OCH3 is 1. The second-order valence-electron chi connectivity index (χ2n) is 6.59. The number of aliphatic hydroxyl groups excluding tert-OH is 1. The van der Waals surface area contributed by atoms with Gasteiger partial charge in [-0.1, -0.05) is 29.4 Å². The minimum Gasteiger partial charge on any atom is -0.497 e. The van der Waals surface area contributed by atoms with E-state index in [-0.39, 0.29) is 17.2 Å². The third-order valence-electron chi connectivity index (χ3n) is 4.91. The van der Waals surface area contributed by atoms with Crippen LogP contribution in [-0.4, -0.2) is 51.1 Å². The zero-order valence-electron chi connectivity index (χ0n) is 15.2. The number of ether oxygens (including phenoxy) is 1. The van der Waals surface area contributed by atoms with Gasteiger partial charge in [-0.05, 0) is 47.4 Å². The van der Waals surface area contributed by atoms with Gasteiger partial charge in [0.25, 0.3) is 0 Å². The normalized spacial score (nSPS) is 21.6. The van der Waals surface area contributed by atoms with Crippen molar-refractivity contribution in [3.05, 3.63) is 42.0 Å². The van der Waals surface area contributed by atoms with Crippen LogP contribution in [0.15, 0.2) is 36.4 Å². The number of benzene rings is 1. The number of allylic oxidation sites excluding steroid dienone is 1. The molecule has 0 spiro atoms. The van der Waals surface area contributed by atoms with Crippen molar-refractivity contribution in [2.75, 3.05) is 19.1 Å². The summed E-state index contributed by atoms with van der Waals surface area (Å²) in [5.41, 5.74) is 1.04. The molecule has 1 aliphatic rings. The minimum absolute atomic E-state index is 0.0201. The quantitative estimate of drug-likeness (QED) is 0.453. The molecule has 0 amide bonds. The van der Waals surface area contributed by atoms with Crippen molar-refractivity contribution in [3.63, 3.8) is 0 Å². The molecule has 4 atom stereocenters. The molecule has 2 unspecified atom stereocenters. The van der Waals surface area contributed by atoms with Gasteiger partial charge in [0.05, 0.1) is 13.7 Å². The highest BCUT2D eigenvalue weighted by atomic mass is 35.5. The molecule has 1 heterocycles. The van der Waals surface area contributed by atoms with Crippen LogP contribution in [-0.2, 0) is 6.54 Å². The molecule has 7 nitrogen and oxygen atoms in total. The van der Waals surface area contributed by atoms with Crippen molar-refractivity contribution in [1.82, 2.24) is 20.2 Å². The number of hydrogen-bond acceptors (Lipinski definition) is 6. The molecule has 3 rings (SSSR count). The number of hydrogen-bond donors (Lipinski definition) is 1. The summed E-state index contributed by atoms with van der Waals surface area (Å²) in [6, 6.07) is 7.72. The number of rotatable bonds is 7. The van der Waals surface area contributed by atoms with E-state index in [4.69, 9.17) is 16.3 Å². The topological polar surface area (TPSA) is 76.3 Å². The van der Waals surface area contributed by atoms with Crippen LogP contribution in [0.1, 0.15) is 18.9 Å². The molecule has 1 aliphatic carbocycles. The average molecular weight is 378 g/mol. The van der Waals surface area contributed by atoms with Gasteiger partial charge < -0.3 is 14.7 Å².